The summed E-state index contributed by atoms with van der Waals surface area (Å²) < 4.78 is 13.6. The van der Waals surface area contributed by atoms with Crippen LogP contribution < -0.4 is 10.6 Å². The van der Waals surface area contributed by atoms with Crippen molar-refractivity contribution in [2.75, 3.05) is 11.9 Å². The molecular formula is C12H14FN3S. The minimum atomic E-state index is -0.253. The van der Waals surface area contributed by atoms with Crippen LogP contribution in [0.25, 0.3) is 0 Å². The molecule has 0 atom stereocenters. The first-order valence-electron chi connectivity index (χ1n) is 5.28. The second kappa shape index (κ2) is 4.81. The molecule has 1 heterocycles. The van der Waals surface area contributed by atoms with Crippen molar-refractivity contribution >= 4 is 22.2 Å². The summed E-state index contributed by atoms with van der Waals surface area (Å²) in [6, 6.07) is 6.65. The van der Waals surface area contributed by atoms with E-state index in [0.717, 1.165) is 15.7 Å². The molecule has 2 rings (SSSR count). The van der Waals surface area contributed by atoms with E-state index in [0.29, 0.717) is 12.2 Å². The first kappa shape index (κ1) is 12.0. The number of aryl methyl sites for hydroxylation is 1. The fraction of sp³-hybridized carbons (Fsp3) is 0.250. The van der Waals surface area contributed by atoms with Crippen LogP contribution in [0.15, 0.2) is 24.3 Å². The molecule has 1 aromatic heterocycles. The fourth-order valence-corrected chi connectivity index (χ4v) is 2.49. The quantitative estimate of drug-likeness (QED) is 0.912. The molecule has 0 spiro atoms. The number of aromatic nitrogens is 1. The highest BCUT2D eigenvalue weighted by Gasteiger charge is 2.14. The van der Waals surface area contributed by atoms with Gasteiger partial charge in [0.25, 0.3) is 0 Å². The van der Waals surface area contributed by atoms with Crippen LogP contribution in [0.2, 0.25) is 0 Å². The number of thiazole rings is 1. The second-order valence-corrected chi connectivity index (χ2v) is 4.78. The Balaban J connectivity index is 2.37. The van der Waals surface area contributed by atoms with Crippen LogP contribution >= 0.6 is 11.3 Å². The summed E-state index contributed by atoms with van der Waals surface area (Å²) in [5.74, 6) is -0.253. The van der Waals surface area contributed by atoms with Gasteiger partial charge in [0.15, 0.2) is 5.13 Å². The summed E-state index contributed by atoms with van der Waals surface area (Å²) in [4.78, 5) is 7.17. The molecule has 5 heteroatoms. The first-order valence-corrected chi connectivity index (χ1v) is 6.09. The number of nitrogens with two attached hydrogens (primary N) is 1. The predicted octanol–water partition coefficient (Wildman–Crippen LogP) is 2.82. The van der Waals surface area contributed by atoms with Crippen LogP contribution in [0.1, 0.15) is 10.6 Å². The van der Waals surface area contributed by atoms with Crippen LogP contribution in [0.4, 0.5) is 15.2 Å². The SMILES string of the molecule is Cc1nc(N(C)c2ccccc2F)sc1CN. The molecule has 2 aromatic rings. The number of nitrogens with zero attached hydrogens (tertiary/aromatic N) is 2. The van der Waals surface area contributed by atoms with Crippen molar-refractivity contribution in [3.8, 4) is 0 Å². The standard InChI is InChI=1S/C12H14FN3S/c1-8-11(7-14)17-12(15-8)16(2)10-6-4-3-5-9(10)13/h3-6H,7,14H2,1-2H3. The molecule has 0 aliphatic carbocycles. The average Bonchev–Trinajstić information content (AvgIpc) is 2.70. The van der Waals surface area contributed by atoms with Gasteiger partial charge in [-0.1, -0.05) is 23.5 Å². The van der Waals surface area contributed by atoms with E-state index in [-0.39, 0.29) is 5.82 Å². The molecule has 0 amide bonds. The predicted molar refractivity (Wildman–Crippen MR) is 69.2 cm³/mol. The lowest BCUT2D eigenvalue weighted by atomic mass is 10.3. The van der Waals surface area contributed by atoms with Crippen molar-refractivity contribution in [2.45, 2.75) is 13.5 Å². The number of para-hydroxylation sites is 1. The van der Waals surface area contributed by atoms with E-state index < -0.39 is 0 Å². The summed E-state index contributed by atoms with van der Waals surface area (Å²) >= 11 is 1.49. The van der Waals surface area contributed by atoms with E-state index in [1.165, 1.54) is 17.4 Å². The minimum absolute atomic E-state index is 0.253. The monoisotopic (exact) mass is 251 g/mol. The summed E-state index contributed by atoms with van der Waals surface area (Å²) in [6.07, 6.45) is 0. The van der Waals surface area contributed by atoms with E-state index in [2.05, 4.69) is 4.98 Å². The Morgan fingerprint density at radius 3 is 2.71 bits per heavy atom. The van der Waals surface area contributed by atoms with Crippen molar-refractivity contribution < 1.29 is 4.39 Å². The first-order chi connectivity index (χ1) is 8.13. The van der Waals surface area contributed by atoms with Crippen molar-refractivity contribution in [1.29, 1.82) is 0 Å². The largest absolute Gasteiger partial charge is 0.326 e. The van der Waals surface area contributed by atoms with Gasteiger partial charge in [0.1, 0.15) is 5.82 Å². The van der Waals surface area contributed by atoms with Crippen LogP contribution in [0.5, 0.6) is 0 Å². The normalized spacial score (nSPS) is 10.6. The summed E-state index contributed by atoms with van der Waals surface area (Å²) in [7, 11) is 1.80. The van der Waals surface area contributed by atoms with Gasteiger partial charge in [-0.2, -0.15) is 0 Å². The number of halogens is 1. The van der Waals surface area contributed by atoms with Gasteiger partial charge in [-0.15, -0.1) is 0 Å². The van der Waals surface area contributed by atoms with Gasteiger partial charge in [-0.05, 0) is 19.1 Å². The fourth-order valence-electron chi connectivity index (χ4n) is 1.57. The van der Waals surface area contributed by atoms with Crippen molar-refractivity contribution in [3.63, 3.8) is 0 Å². The Morgan fingerprint density at radius 1 is 1.41 bits per heavy atom. The Morgan fingerprint density at radius 2 is 2.12 bits per heavy atom. The van der Waals surface area contributed by atoms with E-state index in [1.54, 1.807) is 30.1 Å². The second-order valence-electron chi connectivity index (χ2n) is 3.72. The number of hydrogen-bond donors (Lipinski definition) is 1. The van der Waals surface area contributed by atoms with E-state index in [1.807, 2.05) is 6.92 Å². The van der Waals surface area contributed by atoms with Crippen molar-refractivity contribution in [1.82, 2.24) is 4.98 Å². The average molecular weight is 251 g/mol. The Bertz CT molecular complexity index is 524. The van der Waals surface area contributed by atoms with Gasteiger partial charge in [-0.25, -0.2) is 9.37 Å². The van der Waals surface area contributed by atoms with Crippen molar-refractivity contribution in [3.05, 3.63) is 40.7 Å². The zero-order valence-electron chi connectivity index (χ0n) is 9.77. The lowest BCUT2D eigenvalue weighted by molar-refractivity contribution is 0.627. The highest BCUT2D eigenvalue weighted by Crippen LogP contribution is 2.31. The molecule has 1 aromatic carbocycles. The third-order valence-corrected chi connectivity index (χ3v) is 3.82. The molecule has 17 heavy (non-hydrogen) atoms. The maximum Gasteiger partial charge on any atom is 0.190 e. The van der Waals surface area contributed by atoms with E-state index >= 15 is 0 Å². The van der Waals surface area contributed by atoms with Crippen LogP contribution in [-0.2, 0) is 6.54 Å². The third kappa shape index (κ3) is 2.30. The molecule has 90 valence electrons. The lowest BCUT2D eigenvalue weighted by Crippen LogP contribution is -2.10. The molecule has 0 radical (unpaired) electrons. The van der Waals surface area contributed by atoms with Gasteiger partial charge in [-0.3, -0.25) is 0 Å². The highest BCUT2D eigenvalue weighted by molar-refractivity contribution is 7.15. The smallest absolute Gasteiger partial charge is 0.190 e. The number of hydrogen-bond acceptors (Lipinski definition) is 4. The maximum atomic E-state index is 13.6. The van der Waals surface area contributed by atoms with Crippen LogP contribution in [0.3, 0.4) is 0 Å². The molecule has 3 nitrogen and oxygen atoms in total. The van der Waals surface area contributed by atoms with E-state index in [9.17, 15) is 4.39 Å². The molecule has 0 unspecified atom stereocenters. The zero-order chi connectivity index (χ0) is 12.4. The molecule has 0 fully saturated rings. The number of benzene rings is 1. The summed E-state index contributed by atoms with van der Waals surface area (Å²) in [5.41, 5.74) is 7.04. The molecule has 0 bridgehead atoms. The molecule has 0 aliphatic heterocycles. The molecule has 0 saturated carbocycles. The van der Waals surface area contributed by atoms with Gasteiger partial charge < -0.3 is 10.6 Å². The minimum Gasteiger partial charge on any atom is -0.326 e. The Hall–Kier alpha value is -1.46. The molecule has 0 saturated heterocycles. The van der Waals surface area contributed by atoms with Crippen LogP contribution in [-0.4, -0.2) is 12.0 Å². The molecule has 0 aliphatic rings. The highest BCUT2D eigenvalue weighted by atomic mass is 32.1. The lowest BCUT2D eigenvalue weighted by Gasteiger charge is -2.16. The zero-order valence-corrected chi connectivity index (χ0v) is 10.6. The Kier molecular flexibility index (Phi) is 3.40. The topological polar surface area (TPSA) is 42.2 Å². The number of rotatable bonds is 3. The molecule has 2 N–H and O–H groups in total. The van der Waals surface area contributed by atoms with E-state index in [4.69, 9.17) is 5.73 Å². The van der Waals surface area contributed by atoms with Gasteiger partial charge in [0.05, 0.1) is 11.4 Å². The summed E-state index contributed by atoms with van der Waals surface area (Å²) in [5, 5.41) is 0.757. The van der Waals surface area contributed by atoms with Gasteiger partial charge in [0, 0.05) is 18.5 Å². The maximum absolute atomic E-state index is 13.6. The number of anilines is 2. The van der Waals surface area contributed by atoms with Gasteiger partial charge >= 0.3 is 0 Å². The van der Waals surface area contributed by atoms with Gasteiger partial charge in [0.2, 0.25) is 0 Å². The summed E-state index contributed by atoms with van der Waals surface area (Å²) in [6.45, 7) is 2.38. The molecular weight excluding hydrogens is 237 g/mol. The van der Waals surface area contributed by atoms with Crippen LogP contribution in [0, 0.1) is 12.7 Å². The van der Waals surface area contributed by atoms with Crippen molar-refractivity contribution in [2.24, 2.45) is 5.73 Å². The third-order valence-electron chi connectivity index (χ3n) is 2.57. The Labute approximate surface area is 104 Å².